The SMILES string of the molecule is CC[Si](CC)(CC)c1cc(C2CC=CO2)co1. The Morgan fingerprint density at radius 1 is 1.24 bits per heavy atom. The Hall–Kier alpha value is -0.963. The Morgan fingerprint density at radius 2 is 1.94 bits per heavy atom. The Balaban J connectivity index is 2.21. The van der Waals surface area contributed by atoms with Crippen LogP contribution in [0.4, 0.5) is 0 Å². The summed E-state index contributed by atoms with van der Waals surface area (Å²) >= 11 is 0. The molecule has 1 aromatic rings. The van der Waals surface area contributed by atoms with E-state index in [4.69, 9.17) is 9.15 Å². The maximum Gasteiger partial charge on any atom is 0.131 e. The third kappa shape index (κ3) is 2.21. The lowest BCUT2D eigenvalue weighted by atomic mass is 10.1. The summed E-state index contributed by atoms with van der Waals surface area (Å²) in [5.41, 5.74) is 1.21. The number of furan rings is 1. The summed E-state index contributed by atoms with van der Waals surface area (Å²) in [6, 6.07) is 6.03. The fourth-order valence-corrected chi connectivity index (χ4v) is 6.00. The molecule has 2 rings (SSSR count). The highest BCUT2D eigenvalue weighted by Gasteiger charge is 2.33. The van der Waals surface area contributed by atoms with Gasteiger partial charge in [0.15, 0.2) is 0 Å². The van der Waals surface area contributed by atoms with E-state index in [-0.39, 0.29) is 6.10 Å². The van der Waals surface area contributed by atoms with Crippen LogP contribution in [0.15, 0.2) is 29.1 Å². The van der Waals surface area contributed by atoms with Crippen molar-refractivity contribution in [2.45, 2.75) is 51.4 Å². The van der Waals surface area contributed by atoms with Crippen LogP contribution in [0.2, 0.25) is 18.1 Å². The Labute approximate surface area is 105 Å². The summed E-state index contributed by atoms with van der Waals surface area (Å²) in [6.07, 6.45) is 6.92. The van der Waals surface area contributed by atoms with Crippen molar-refractivity contribution < 1.29 is 9.15 Å². The van der Waals surface area contributed by atoms with Gasteiger partial charge in [0.25, 0.3) is 0 Å². The van der Waals surface area contributed by atoms with Crippen molar-refractivity contribution in [3.8, 4) is 0 Å². The van der Waals surface area contributed by atoms with Crippen LogP contribution in [0.1, 0.15) is 38.9 Å². The van der Waals surface area contributed by atoms with Crippen LogP contribution in [-0.4, -0.2) is 8.07 Å². The third-order valence-corrected chi connectivity index (χ3v) is 9.60. The molecule has 2 heterocycles. The highest BCUT2D eigenvalue weighted by Crippen LogP contribution is 2.28. The number of rotatable bonds is 5. The molecule has 1 aliphatic rings. The van der Waals surface area contributed by atoms with E-state index in [1.807, 2.05) is 6.26 Å². The summed E-state index contributed by atoms with van der Waals surface area (Å²) in [7, 11) is -1.37. The molecule has 0 N–H and O–H groups in total. The Kier molecular flexibility index (Phi) is 3.77. The van der Waals surface area contributed by atoms with E-state index in [2.05, 4.69) is 32.9 Å². The molecule has 0 amide bonds. The van der Waals surface area contributed by atoms with Gasteiger partial charge in [-0.2, -0.15) is 0 Å². The van der Waals surface area contributed by atoms with E-state index < -0.39 is 8.07 Å². The zero-order valence-corrected chi connectivity index (χ0v) is 12.0. The topological polar surface area (TPSA) is 22.4 Å². The molecule has 94 valence electrons. The molecule has 2 nitrogen and oxygen atoms in total. The molecule has 0 fully saturated rings. The molecule has 17 heavy (non-hydrogen) atoms. The van der Waals surface area contributed by atoms with Gasteiger partial charge in [0, 0.05) is 12.0 Å². The minimum atomic E-state index is -1.37. The average Bonchev–Trinajstić information content (AvgIpc) is 3.03. The van der Waals surface area contributed by atoms with E-state index >= 15 is 0 Å². The standard InChI is InChI=1S/C14H22O2Si/c1-4-17(5-2,6-3)14-10-12(11-16-14)13-8-7-9-15-13/h7,9-11,13H,4-6,8H2,1-3H3. The van der Waals surface area contributed by atoms with Gasteiger partial charge in [-0.3, -0.25) is 0 Å². The molecular weight excluding hydrogens is 228 g/mol. The van der Waals surface area contributed by atoms with Gasteiger partial charge in [0.2, 0.25) is 0 Å². The minimum absolute atomic E-state index is 0.185. The van der Waals surface area contributed by atoms with Gasteiger partial charge in [-0.1, -0.05) is 38.9 Å². The zero-order chi connectivity index (χ0) is 12.3. The second kappa shape index (κ2) is 5.13. The van der Waals surface area contributed by atoms with E-state index in [9.17, 15) is 0 Å². The first-order valence-electron chi connectivity index (χ1n) is 6.65. The molecule has 1 aliphatic heterocycles. The van der Waals surface area contributed by atoms with Gasteiger partial charge >= 0.3 is 0 Å². The monoisotopic (exact) mass is 250 g/mol. The quantitative estimate of drug-likeness (QED) is 0.738. The van der Waals surface area contributed by atoms with Crippen LogP contribution in [0, 0.1) is 0 Å². The molecular formula is C14H22O2Si. The van der Waals surface area contributed by atoms with Gasteiger partial charge in [-0.25, -0.2) is 0 Å². The van der Waals surface area contributed by atoms with Crippen LogP contribution in [0.3, 0.4) is 0 Å². The van der Waals surface area contributed by atoms with Crippen molar-refractivity contribution in [2.24, 2.45) is 0 Å². The first kappa shape index (κ1) is 12.5. The van der Waals surface area contributed by atoms with Crippen molar-refractivity contribution in [2.75, 3.05) is 0 Å². The van der Waals surface area contributed by atoms with Gasteiger partial charge < -0.3 is 9.15 Å². The molecule has 0 saturated carbocycles. The maximum atomic E-state index is 5.87. The van der Waals surface area contributed by atoms with Crippen molar-refractivity contribution in [1.82, 2.24) is 0 Å². The first-order chi connectivity index (χ1) is 8.25. The van der Waals surface area contributed by atoms with E-state index in [1.165, 1.54) is 29.1 Å². The first-order valence-corrected chi connectivity index (χ1v) is 9.27. The summed E-state index contributed by atoms with van der Waals surface area (Å²) in [5.74, 6) is 0. The van der Waals surface area contributed by atoms with Crippen LogP contribution in [0.25, 0.3) is 0 Å². The van der Waals surface area contributed by atoms with Crippen molar-refractivity contribution in [3.05, 3.63) is 30.2 Å². The lowest BCUT2D eigenvalue weighted by molar-refractivity contribution is 0.172. The predicted octanol–water partition coefficient (Wildman–Crippen LogP) is 3.97. The molecule has 1 unspecified atom stereocenters. The van der Waals surface area contributed by atoms with Crippen LogP contribution in [-0.2, 0) is 4.74 Å². The molecule has 0 bridgehead atoms. The number of hydrogen-bond acceptors (Lipinski definition) is 2. The van der Waals surface area contributed by atoms with E-state index in [1.54, 1.807) is 6.26 Å². The molecule has 0 saturated heterocycles. The van der Waals surface area contributed by atoms with Crippen LogP contribution >= 0.6 is 0 Å². The molecule has 0 radical (unpaired) electrons. The lowest BCUT2D eigenvalue weighted by Gasteiger charge is -2.24. The van der Waals surface area contributed by atoms with Gasteiger partial charge in [-0.15, -0.1) is 0 Å². The fourth-order valence-electron chi connectivity index (χ4n) is 2.67. The molecule has 0 aliphatic carbocycles. The Bertz CT molecular complexity index is 374. The van der Waals surface area contributed by atoms with Gasteiger partial charge in [0.1, 0.15) is 14.2 Å². The highest BCUT2D eigenvalue weighted by atomic mass is 28.3. The van der Waals surface area contributed by atoms with Gasteiger partial charge in [-0.05, 0) is 12.1 Å². The Morgan fingerprint density at radius 3 is 2.47 bits per heavy atom. The smallest absolute Gasteiger partial charge is 0.131 e. The lowest BCUT2D eigenvalue weighted by Crippen LogP contribution is -2.44. The number of ether oxygens (including phenoxy) is 1. The van der Waals surface area contributed by atoms with E-state index in [0.717, 1.165) is 6.42 Å². The van der Waals surface area contributed by atoms with Crippen LogP contribution < -0.4 is 5.38 Å². The molecule has 0 spiro atoms. The number of hydrogen-bond donors (Lipinski definition) is 0. The average molecular weight is 250 g/mol. The van der Waals surface area contributed by atoms with Crippen molar-refractivity contribution >= 4 is 13.5 Å². The second-order valence-corrected chi connectivity index (χ2v) is 9.99. The zero-order valence-electron chi connectivity index (χ0n) is 11.0. The summed E-state index contributed by atoms with van der Waals surface area (Å²) < 4.78 is 11.4. The second-order valence-electron chi connectivity index (χ2n) is 4.82. The summed E-state index contributed by atoms with van der Waals surface area (Å²) in [6.45, 7) is 6.90. The van der Waals surface area contributed by atoms with E-state index in [0.29, 0.717) is 0 Å². The maximum absolute atomic E-state index is 5.87. The predicted molar refractivity (Wildman–Crippen MR) is 73.1 cm³/mol. The van der Waals surface area contributed by atoms with Gasteiger partial charge in [0.05, 0.1) is 17.9 Å². The molecule has 1 atom stereocenters. The summed E-state index contributed by atoms with van der Waals surface area (Å²) in [4.78, 5) is 0. The normalized spacial score (nSPS) is 19.6. The summed E-state index contributed by atoms with van der Waals surface area (Å²) in [5, 5.41) is 1.26. The van der Waals surface area contributed by atoms with Crippen molar-refractivity contribution in [1.29, 1.82) is 0 Å². The molecule has 3 heteroatoms. The fraction of sp³-hybridized carbons (Fsp3) is 0.571. The van der Waals surface area contributed by atoms with Crippen molar-refractivity contribution in [3.63, 3.8) is 0 Å². The molecule has 0 aromatic carbocycles. The minimum Gasteiger partial charge on any atom is -0.493 e. The largest absolute Gasteiger partial charge is 0.493 e. The third-order valence-electron chi connectivity index (χ3n) is 4.23. The van der Waals surface area contributed by atoms with Crippen LogP contribution in [0.5, 0.6) is 0 Å². The molecule has 1 aromatic heterocycles. The highest BCUT2D eigenvalue weighted by molar-refractivity contribution is 6.90.